The van der Waals surface area contributed by atoms with Crippen molar-refractivity contribution in [2.24, 2.45) is 0 Å². The third-order valence-electron chi connectivity index (χ3n) is 3.80. The van der Waals surface area contributed by atoms with E-state index in [1.165, 1.54) is 12.1 Å². The van der Waals surface area contributed by atoms with Gasteiger partial charge in [-0.2, -0.15) is 0 Å². The highest BCUT2D eigenvalue weighted by molar-refractivity contribution is 5.98. The fraction of sp³-hybridized carbons (Fsp3) is 0.467. The Morgan fingerprint density at radius 2 is 1.83 bits per heavy atom. The van der Waals surface area contributed by atoms with Gasteiger partial charge in [0.1, 0.15) is 11.3 Å². The van der Waals surface area contributed by atoms with Gasteiger partial charge in [-0.15, -0.1) is 13.2 Å². The molecular weight excluding hydrogens is 315 g/mol. The second-order valence-electron chi connectivity index (χ2n) is 5.48. The zero-order chi connectivity index (χ0) is 17.1. The predicted molar refractivity (Wildman–Crippen MR) is 74.0 cm³/mol. The molecular formula is C15H16F3NO4. The first-order valence-electron chi connectivity index (χ1n) is 7.14. The molecule has 0 spiro atoms. The summed E-state index contributed by atoms with van der Waals surface area (Å²) in [5.41, 5.74) is -1.45. The molecule has 0 bridgehead atoms. The van der Waals surface area contributed by atoms with Crippen LogP contribution >= 0.6 is 0 Å². The number of rotatable bonds is 4. The normalized spacial score (nSPS) is 17.3. The largest absolute Gasteiger partial charge is 0.573 e. The molecule has 1 aromatic rings. The SMILES string of the molecule is O=C(NC1(C(=O)O)CCCCC1)c1cccc(OC(F)(F)F)c1. The lowest BCUT2D eigenvalue weighted by atomic mass is 9.81. The fourth-order valence-electron chi connectivity index (χ4n) is 2.67. The number of aliphatic carboxylic acids is 1. The number of carbonyl (C=O) groups is 2. The second kappa shape index (κ2) is 6.47. The average Bonchev–Trinajstić information content (AvgIpc) is 2.46. The smallest absolute Gasteiger partial charge is 0.480 e. The van der Waals surface area contributed by atoms with Crippen LogP contribution in [0, 0.1) is 0 Å². The number of nitrogens with one attached hydrogen (secondary N) is 1. The fourth-order valence-corrected chi connectivity index (χ4v) is 2.67. The van der Waals surface area contributed by atoms with Gasteiger partial charge in [-0.25, -0.2) is 4.79 Å². The Kier molecular flexibility index (Phi) is 4.82. The highest BCUT2D eigenvalue weighted by atomic mass is 19.4. The Morgan fingerprint density at radius 1 is 1.17 bits per heavy atom. The molecule has 0 atom stereocenters. The van der Waals surface area contributed by atoms with Crippen molar-refractivity contribution in [3.63, 3.8) is 0 Å². The number of carbonyl (C=O) groups excluding carboxylic acids is 1. The molecule has 1 amide bonds. The summed E-state index contributed by atoms with van der Waals surface area (Å²) in [4.78, 5) is 23.7. The van der Waals surface area contributed by atoms with Crippen molar-refractivity contribution in [3.05, 3.63) is 29.8 Å². The highest BCUT2D eigenvalue weighted by Gasteiger charge is 2.41. The molecule has 0 saturated heterocycles. The van der Waals surface area contributed by atoms with Gasteiger partial charge >= 0.3 is 12.3 Å². The Bertz CT molecular complexity index is 595. The first-order valence-corrected chi connectivity index (χ1v) is 7.14. The van der Waals surface area contributed by atoms with Crippen molar-refractivity contribution >= 4 is 11.9 Å². The zero-order valence-corrected chi connectivity index (χ0v) is 12.2. The predicted octanol–water partition coefficient (Wildman–Crippen LogP) is 3.10. The van der Waals surface area contributed by atoms with E-state index in [9.17, 15) is 27.9 Å². The third-order valence-corrected chi connectivity index (χ3v) is 3.80. The number of ether oxygens (including phenoxy) is 1. The lowest BCUT2D eigenvalue weighted by molar-refractivity contribution is -0.274. The molecule has 1 aliphatic rings. The molecule has 0 aromatic heterocycles. The lowest BCUT2D eigenvalue weighted by Gasteiger charge is -2.34. The van der Waals surface area contributed by atoms with Crippen LogP contribution in [-0.4, -0.2) is 28.9 Å². The van der Waals surface area contributed by atoms with Gasteiger partial charge in [-0.3, -0.25) is 4.79 Å². The standard InChI is InChI=1S/C15H16F3NO4/c16-15(17,18)23-11-6-4-5-10(9-11)12(20)19-14(13(21)22)7-2-1-3-8-14/h4-6,9H,1-3,7-8H2,(H,19,20)(H,21,22). The van der Waals surface area contributed by atoms with Crippen molar-refractivity contribution < 1.29 is 32.6 Å². The molecule has 1 fully saturated rings. The van der Waals surface area contributed by atoms with Gasteiger partial charge < -0.3 is 15.2 Å². The Balaban J connectivity index is 2.16. The van der Waals surface area contributed by atoms with Crippen LogP contribution in [-0.2, 0) is 4.79 Å². The van der Waals surface area contributed by atoms with Crippen LogP contribution < -0.4 is 10.1 Å². The zero-order valence-electron chi connectivity index (χ0n) is 12.2. The van der Waals surface area contributed by atoms with Gasteiger partial charge in [-0.1, -0.05) is 25.3 Å². The van der Waals surface area contributed by atoms with Crippen LogP contribution in [0.2, 0.25) is 0 Å². The first kappa shape index (κ1) is 17.1. The Hall–Kier alpha value is -2.25. The van der Waals surface area contributed by atoms with E-state index < -0.39 is 29.5 Å². The number of carboxylic acids is 1. The van der Waals surface area contributed by atoms with Crippen LogP contribution in [0.3, 0.4) is 0 Å². The Labute approximate surface area is 130 Å². The van der Waals surface area contributed by atoms with Crippen LogP contribution in [0.4, 0.5) is 13.2 Å². The Morgan fingerprint density at radius 3 is 2.39 bits per heavy atom. The molecule has 126 valence electrons. The van der Waals surface area contributed by atoms with E-state index in [-0.39, 0.29) is 5.56 Å². The van der Waals surface area contributed by atoms with E-state index in [0.717, 1.165) is 18.6 Å². The van der Waals surface area contributed by atoms with Gasteiger partial charge in [0.2, 0.25) is 0 Å². The number of amides is 1. The molecule has 23 heavy (non-hydrogen) atoms. The van der Waals surface area contributed by atoms with Crippen molar-refractivity contribution in [1.29, 1.82) is 0 Å². The third kappa shape index (κ3) is 4.37. The summed E-state index contributed by atoms with van der Waals surface area (Å²) in [5, 5.41) is 11.9. The summed E-state index contributed by atoms with van der Waals surface area (Å²) in [6.45, 7) is 0. The van der Waals surface area contributed by atoms with E-state index >= 15 is 0 Å². The average molecular weight is 331 g/mol. The lowest BCUT2D eigenvalue weighted by Crippen LogP contribution is -2.55. The number of hydrogen-bond acceptors (Lipinski definition) is 3. The maximum absolute atomic E-state index is 12.2. The second-order valence-corrected chi connectivity index (χ2v) is 5.48. The van der Waals surface area contributed by atoms with Crippen molar-refractivity contribution in [2.75, 3.05) is 0 Å². The van der Waals surface area contributed by atoms with Crippen LogP contribution in [0.25, 0.3) is 0 Å². The molecule has 0 aliphatic heterocycles. The molecule has 2 N–H and O–H groups in total. The van der Waals surface area contributed by atoms with Crippen molar-refractivity contribution in [3.8, 4) is 5.75 Å². The van der Waals surface area contributed by atoms with Crippen molar-refractivity contribution in [2.45, 2.75) is 44.0 Å². The van der Waals surface area contributed by atoms with E-state index in [0.29, 0.717) is 25.7 Å². The molecule has 5 nitrogen and oxygen atoms in total. The highest BCUT2D eigenvalue weighted by Crippen LogP contribution is 2.29. The van der Waals surface area contributed by atoms with Gasteiger partial charge in [-0.05, 0) is 31.0 Å². The molecule has 2 rings (SSSR count). The summed E-state index contributed by atoms with van der Waals surface area (Å²) in [6.07, 6.45) is -2.03. The first-order chi connectivity index (χ1) is 10.7. The monoisotopic (exact) mass is 331 g/mol. The molecule has 8 heteroatoms. The number of halogens is 3. The van der Waals surface area contributed by atoms with E-state index in [2.05, 4.69) is 10.1 Å². The quantitative estimate of drug-likeness (QED) is 0.889. The van der Waals surface area contributed by atoms with E-state index in [1.54, 1.807) is 0 Å². The maximum atomic E-state index is 12.2. The van der Waals surface area contributed by atoms with Gasteiger partial charge in [0.15, 0.2) is 0 Å². The molecule has 0 unspecified atom stereocenters. The number of benzene rings is 1. The maximum Gasteiger partial charge on any atom is 0.573 e. The summed E-state index contributed by atoms with van der Waals surface area (Å²) in [6, 6.07) is 4.54. The molecule has 1 saturated carbocycles. The number of alkyl halides is 3. The molecule has 0 heterocycles. The van der Waals surface area contributed by atoms with Gasteiger partial charge in [0.05, 0.1) is 0 Å². The van der Waals surface area contributed by atoms with Crippen LogP contribution in [0.15, 0.2) is 24.3 Å². The van der Waals surface area contributed by atoms with Crippen LogP contribution in [0.1, 0.15) is 42.5 Å². The van der Waals surface area contributed by atoms with E-state index in [4.69, 9.17) is 0 Å². The number of carboxylic acid groups (broad SMARTS) is 1. The van der Waals surface area contributed by atoms with E-state index in [1.807, 2.05) is 0 Å². The topological polar surface area (TPSA) is 75.6 Å². The van der Waals surface area contributed by atoms with Crippen molar-refractivity contribution in [1.82, 2.24) is 5.32 Å². The molecule has 1 aromatic carbocycles. The van der Waals surface area contributed by atoms with Crippen LogP contribution in [0.5, 0.6) is 5.75 Å². The summed E-state index contributed by atoms with van der Waals surface area (Å²) >= 11 is 0. The minimum Gasteiger partial charge on any atom is -0.480 e. The summed E-state index contributed by atoms with van der Waals surface area (Å²) < 4.78 is 40.4. The minimum absolute atomic E-state index is 0.0852. The minimum atomic E-state index is -4.86. The molecule has 0 radical (unpaired) electrons. The number of hydrogen-bond donors (Lipinski definition) is 2. The summed E-state index contributed by atoms with van der Waals surface area (Å²) in [5.74, 6) is -2.40. The molecule has 1 aliphatic carbocycles. The summed E-state index contributed by atoms with van der Waals surface area (Å²) in [7, 11) is 0. The van der Waals surface area contributed by atoms with Gasteiger partial charge in [0, 0.05) is 5.56 Å². The van der Waals surface area contributed by atoms with Gasteiger partial charge in [0.25, 0.3) is 5.91 Å².